The average molecular weight is 256 g/mol. The van der Waals surface area contributed by atoms with Crippen molar-refractivity contribution >= 4 is 11.8 Å². The van der Waals surface area contributed by atoms with Gasteiger partial charge in [0, 0.05) is 24.3 Å². The van der Waals surface area contributed by atoms with Gasteiger partial charge in [0.15, 0.2) is 24.8 Å². The normalized spacial score (nSPS) is 11.1. The summed E-state index contributed by atoms with van der Waals surface area (Å²) >= 11 is 0. The molecule has 0 amide bonds. The minimum atomic E-state index is -1.13. The summed E-state index contributed by atoms with van der Waals surface area (Å²) in [6.07, 6.45) is 6.58. The highest BCUT2D eigenvalue weighted by molar-refractivity contribution is 5.96. The maximum atomic E-state index is 12.4. The summed E-state index contributed by atoms with van der Waals surface area (Å²) in [5, 5.41) is 0. The average Bonchev–Trinajstić information content (AvgIpc) is 2.47. The molecule has 2 aromatic rings. The van der Waals surface area contributed by atoms with Gasteiger partial charge in [0.2, 0.25) is 5.41 Å². The van der Waals surface area contributed by atoms with E-state index in [0.717, 1.165) is 0 Å². The van der Waals surface area contributed by atoms with Gasteiger partial charge in [-0.25, -0.2) is 9.59 Å². The Kier molecular flexibility index (Phi) is 3.51. The molecule has 0 fully saturated rings. The smallest absolute Gasteiger partial charge is 0.218 e. The van der Waals surface area contributed by atoms with Crippen LogP contribution in [0.1, 0.15) is 23.4 Å². The molecule has 0 saturated heterocycles. The Morgan fingerprint density at radius 2 is 1.00 bits per heavy atom. The van der Waals surface area contributed by atoms with Crippen molar-refractivity contribution in [3.8, 4) is 0 Å². The molecule has 0 spiro atoms. The van der Waals surface area contributed by atoms with Crippen LogP contribution in [0, 0.1) is 5.41 Å². The lowest BCUT2D eigenvalue weighted by Gasteiger charge is -2.11. The van der Waals surface area contributed by atoms with Gasteiger partial charge in [0.25, 0.3) is 0 Å². The Labute approximate surface area is 111 Å². The van der Waals surface area contributed by atoms with Crippen LogP contribution in [-0.4, -0.2) is 11.8 Å². The maximum absolute atomic E-state index is 12.4. The molecule has 2 heterocycles. The van der Waals surface area contributed by atoms with Crippen LogP contribution in [0.4, 0.5) is 0 Å². The Balaban J connectivity index is 2.33. The summed E-state index contributed by atoms with van der Waals surface area (Å²) in [6.45, 7) is 3.27. The lowest BCUT2D eigenvalue weighted by molar-refractivity contribution is -0.594. The molecule has 0 radical (unpaired) electrons. The van der Waals surface area contributed by atoms with Crippen LogP contribution in [-0.2, 0) is 0 Å². The molecule has 19 heavy (non-hydrogen) atoms. The standard InChI is InChI=1S/C15H16N2O2/c1-15(2,13(18)16-9-5-3-6-10-16)14(19)17-11-7-4-8-12-17/h3-12H,1-2H3/q+2. The maximum Gasteiger partial charge on any atom is 0.412 e. The fourth-order valence-electron chi connectivity index (χ4n) is 1.81. The minimum Gasteiger partial charge on any atom is -0.218 e. The zero-order valence-electron chi connectivity index (χ0n) is 11.0. The van der Waals surface area contributed by atoms with Gasteiger partial charge < -0.3 is 0 Å². The fourth-order valence-corrected chi connectivity index (χ4v) is 1.81. The summed E-state index contributed by atoms with van der Waals surface area (Å²) < 4.78 is 2.86. The van der Waals surface area contributed by atoms with Crippen molar-refractivity contribution in [1.82, 2.24) is 0 Å². The van der Waals surface area contributed by atoms with E-state index in [-0.39, 0.29) is 11.8 Å². The highest BCUT2D eigenvalue weighted by Crippen LogP contribution is 2.15. The van der Waals surface area contributed by atoms with Crippen molar-refractivity contribution < 1.29 is 18.7 Å². The third-order valence-corrected chi connectivity index (χ3v) is 2.97. The van der Waals surface area contributed by atoms with Crippen LogP contribution in [0.5, 0.6) is 0 Å². The second-order valence-electron chi connectivity index (χ2n) is 4.80. The first kappa shape index (κ1) is 13.1. The second-order valence-corrected chi connectivity index (χ2v) is 4.80. The van der Waals surface area contributed by atoms with Crippen molar-refractivity contribution in [3.05, 3.63) is 61.2 Å². The zero-order valence-corrected chi connectivity index (χ0v) is 11.0. The third kappa shape index (κ3) is 2.57. The number of pyridine rings is 2. The zero-order chi connectivity index (χ0) is 13.9. The van der Waals surface area contributed by atoms with Gasteiger partial charge in [-0.2, -0.15) is 0 Å². The van der Waals surface area contributed by atoms with E-state index in [1.165, 1.54) is 9.13 Å². The number of nitrogens with zero attached hydrogens (tertiary/aromatic N) is 2. The van der Waals surface area contributed by atoms with Gasteiger partial charge in [-0.1, -0.05) is 12.1 Å². The van der Waals surface area contributed by atoms with Crippen LogP contribution >= 0.6 is 0 Å². The molecule has 0 bridgehead atoms. The molecule has 96 valence electrons. The first-order valence-corrected chi connectivity index (χ1v) is 6.05. The predicted molar refractivity (Wildman–Crippen MR) is 68.3 cm³/mol. The van der Waals surface area contributed by atoms with Crippen LogP contribution in [0.3, 0.4) is 0 Å². The van der Waals surface area contributed by atoms with Gasteiger partial charge in [-0.3, -0.25) is 0 Å². The van der Waals surface area contributed by atoms with Gasteiger partial charge in [0.1, 0.15) is 0 Å². The van der Waals surface area contributed by atoms with Crippen LogP contribution < -0.4 is 9.13 Å². The Morgan fingerprint density at radius 3 is 1.32 bits per heavy atom. The van der Waals surface area contributed by atoms with Gasteiger partial charge >= 0.3 is 11.8 Å². The molecule has 0 aliphatic carbocycles. The van der Waals surface area contributed by atoms with Crippen molar-refractivity contribution in [3.63, 3.8) is 0 Å². The van der Waals surface area contributed by atoms with Gasteiger partial charge in [0.05, 0.1) is 0 Å². The first-order chi connectivity index (χ1) is 9.03. The first-order valence-electron chi connectivity index (χ1n) is 6.05. The van der Waals surface area contributed by atoms with Gasteiger partial charge in [-0.05, 0) is 13.8 Å². The molecule has 0 aliphatic heterocycles. The lowest BCUT2D eigenvalue weighted by Crippen LogP contribution is -2.60. The number of hydrogen-bond acceptors (Lipinski definition) is 2. The topological polar surface area (TPSA) is 41.9 Å². The van der Waals surface area contributed by atoms with Crippen molar-refractivity contribution in [2.75, 3.05) is 0 Å². The number of rotatable bonds is 2. The highest BCUT2D eigenvalue weighted by Gasteiger charge is 2.49. The van der Waals surface area contributed by atoms with Gasteiger partial charge in [-0.15, -0.1) is 9.13 Å². The summed E-state index contributed by atoms with van der Waals surface area (Å²) in [5.74, 6) is -0.510. The van der Waals surface area contributed by atoms with E-state index < -0.39 is 5.41 Å². The van der Waals surface area contributed by atoms with Crippen LogP contribution in [0.15, 0.2) is 61.2 Å². The number of aromatic nitrogens is 2. The van der Waals surface area contributed by atoms with E-state index in [4.69, 9.17) is 0 Å². The molecule has 2 aromatic heterocycles. The number of carbonyl (C=O) groups is 2. The molecule has 0 N–H and O–H groups in total. The molecule has 2 rings (SSSR count). The van der Waals surface area contributed by atoms with E-state index in [9.17, 15) is 9.59 Å². The predicted octanol–water partition coefficient (Wildman–Crippen LogP) is 1.27. The lowest BCUT2D eigenvalue weighted by atomic mass is 9.90. The van der Waals surface area contributed by atoms with Crippen molar-refractivity contribution in [1.29, 1.82) is 0 Å². The molecule has 0 aliphatic rings. The quantitative estimate of drug-likeness (QED) is 0.600. The van der Waals surface area contributed by atoms with E-state index in [1.54, 1.807) is 62.9 Å². The molecule has 0 unspecified atom stereocenters. The fraction of sp³-hybridized carbons (Fsp3) is 0.200. The van der Waals surface area contributed by atoms with Crippen LogP contribution in [0.2, 0.25) is 0 Å². The van der Waals surface area contributed by atoms with Crippen molar-refractivity contribution in [2.45, 2.75) is 13.8 Å². The Morgan fingerprint density at radius 1 is 0.684 bits per heavy atom. The molecule has 4 nitrogen and oxygen atoms in total. The molecule has 4 heteroatoms. The van der Waals surface area contributed by atoms with Crippen molar-refractivity contribution in [2.24, 2.45) is 5.41 Å². The summed E-state index contributed by atoms with van der Waals surface area (Å²) in [5.41, 5.74) is -1.13. The summed E-state index contributed by atoms with van der Waals surface area (Å²) in [7, 11) is 0. The summed E-state index contributed by atoms with van der Waals surface area (Å²) in [4.78, 5) is 24.8. The van der Waals surface area contributed by atoms with E-state index in [1.807, 2.05) is 12.1 Å². The minimum absolute atomic E-state index is 0.255. The van der Waals surface area contributed by atoms with Crippen LogP contribution in [0.25, 0.3) is 0 Å². The Hall–Kier alpha value is -2.36. The number of hydrogen-bond donors (Lipinski definition) is 0. The number of carbonyl (C=O) groups excluding carboxylic acids is 2. The summed E-state index contributed by atoms with van der Waals surface area (Å²) in [6, 6.07) is 10.7. The molecule has 0 aromatic carbocycles. The Bertz CT molecular complexity index is 539. The van der Waals surface area contributed by atoms with E-state index in [2.05, 4.69) is 0 Å². The van der Waals surface area contributed by atoms with E-state index in [0.29, 0.717) is 0 Å². The molecular weight excluding hydrogens is 240 g/mol. The third-order valence-electron chi connectivity index (χ3n) is 2.97. The SMILES string of the molecule is CC(C)(C(=O)[n+]1ccccc1)C(=O)[n+]1ccccc1. The highest BCUT2D eigenvalue weighted by atomic mass is 16.2. The largest absolute Gasteiger partial charge is 0.412 e. The monoisotopic (exact) mass is 256 g/mol. The molecular formula is C15H16N2O2+2. The second kappa shape index (κ2) is 5.10. The molecule has 0 saturated carbocycles. The van der Waals surface area contributed by atoms with E-state index >= 15 is 0 Å². The molecule has 0 atom stereocenters.